The molecule has 1 saturated carbocycles. The van der Waals surface area contributed by atoms with Gasteiger partial charge >= 0.3 is 0 Å². The van der Waals surface area contributed by atoms with Crippen molar-refractivity contribution in [2.24, 2.45) is 0 Å². The average Bonchev–Trinajstić information content (AvgIpc) is 3.04. The summed E-state index contributed by atoms with van der Waals surface area (Å²) in [6.07, 6.45) is 7.57. The highest BCUT2D eigenvalue weighted by atomic mass is 32.2. The first kappa shape index (κ1) is 17.5. The van der Waals surface area contributed by atoms with Crippen LogP contribution in [0.2, 0.25) is 0 Å². The Hall–Kier alpha value is -1.31. The van der Waals surface area contributed by atoms with Gasteiger partial charge < -0.3 is 5.32 Å². The molecule has 130 valence electrons. The predicted octanol–water partition coefficient (Wildman–Crippen LogP) is 2.69. The molecular formula is C17H23N3O2S2. The first-order valence-corrected chi connectivity index (χ1v) is 11.1. The molecule has 2 aromatic heterocycles. The molecule has 5 nitrogen and oxygen atoms in total. The highest BCUT2D eigenvalue weighted by molar-refractivity contribution is 7.91. The Kier molecular flexibility index (Phi) is 5.63. The van der Waals surface area contributed by atoms with Gasteiger partial charge in [0.1, 0.15) is 9.84 Å². The van der Waals surface area contributed by atoms with Crippen LogP contribution in [0.4, 0.5) is 0 Å². The SMILES string of the molecule is CS(=O)(=O)[C@@H]1CCC[C@@H](NCCc2nc(-c3ccccn3)cs2)C1. The molecule has 0 unspecified atom stereocenters. The van der Waals surface area contributed by atoms with Gasteiger partial charge in [0.15, 0.2) is 0 Å². The van der Waals surface area contributed by atoms with Crippen molar-refractivity contribution >= 4 is 21.2 Å². The molecular weight excluding hydrogens is 342 g/mol. The Bertz CT molecular complexity index is 759. The lowest BCUT2D eigenvalue weighted by Crippen LogP contribution is -2.39. The molecule has 0 amide bonds. The number of thiazole rings is 1. The van der Waals surface area contributed by atoms with Crippen molar-refractivity contribution in [2.75, 3.05) is 12.8 Å². The van der Waals surface area contributed by atoms with Gasteiger partial charge in [-0.3, -0.25) is 4.98 Å². The Morgan fingerprint density at radius 3 is 2.92 bits per heavy atom. The van der Waals surface area contributed by atoms with Gasteiger partial charge in [-0.25, -0.2) is 13.4 Å². The molecule has 0 spiro atoms. The van der Waals surface area contributed by atoms with E-state index in [0.29, 0.717) is 6.04 Å². The van der Waals surface area contributed by atoms with Crippen molar-refractivity contribution in [2.45, 2.75) is 43.4 Å². The zero-order chi connectivity index (χ0) is 17.0. The van der Waals surface area contributed by atoms with Gasteiger partial charge in [-0.2, -0.15) is 0 Å². The molecule has 0 aliphatic heterocycles. The molecule has 1 aliphatic rings. The first-order valence-electron chi connectivity index (χ1n) is 8.30. The van der Waals surface area contributed by atoms with Crippen molar-refractivity contribution in [1.82, 2.24) is 15.3 Å². The van der Waals surface area contributed by atoms with Crippen LogP contribution in [0, 0.1) is 0 Å². The molecule has 1 fully saturated rings. The van der Waals surface area contributed by atoms with Gasteiger partial charge in [-0.15, -0.1) is 11.3 Å². The molecule has 7 heteroatoms. The monoisotopic (exact) mass is 365 g/mol. The summed E-state index contributed by atoms with van der Waals surface area (Å²) in [6, 6.07) is 6.12. The number of nitrogens with zero attached hydrogens (tertiary/aromatic N) is 2. The number of rotatable bonds is 6. The molecule has 0 aromatic carbocycles. The van der Waals surface area contributed by atoms with Gasteiger partial charge in [-0.1, -0.05) is 12.5 Å². The molecule has 24 heavy (non-hydrogen) atoms. The normalized spacial score (nSPS) is 21.7. The van der Waals surface area contributed by atoms with Gasteiger partial charge in [0.2, 0.25) is 0 Å². The Morgan fingerprint density at radius 1 is 1.29 bits per heavy atom. The maximum absolute atomic E-state index is 11.7. The van der Waals surface area contributed by atoms with Crippen LogP contribution in [0.15, 0.2) is 29.8 Å². The van der Waals surface area contributed by atoms with Gasteiger partial charge in [0.05, 0.1) is 21.6 Å². The molecule has 3 rings (SSSR count). The fraction of sp³-hybridized carbons (Fsp3) is 0.529. The van der Waals surface area contributed by atoms with Crippen LogP contribution in [-0.4, -0.2) is 42.5 Å². The molecule has 1 N–H and O–H groups in total. The van der Waals surface area contributed by atoms with Crippen LogP contribution in [0.1, 0.15) is 30.7 Å². The maximum Gasteiger partial charge on any atom is 0.150 e. The van der Waals surface area contributed by atoms with Crippen LogP contribution in [0.25, 0.3) is 11.4 Å². The minimum atomic E-state index is -2.92. The van der Waals surface area contributed by atoms with E-state index in [1.807, 2.05) is 23.6 Å². The summed E-state index contributed by atoms with van der Waals surface area (Å²) in [5.41, 5.74) is 1.82. The molecule has 0 saturated heterocycles. The van der Waals surface area contributed by atoms with E-state index in [4.69, 9.17) is 0 Å². The summed E-state index contributed by atoms with van der Waals surface area (Å²) < 4.78 is 23.4. The second-order valence-corrected chi connectivity index (χ2v) is 9.63. The molecule has 2 atom stereocenters. The van der Waals surface area contributed by atoms with E-state index in [2.05, 4.69) is 15.3 Å². The number of aromatic nitrogens is 2. The lowest BCUT2D eigenvalue weighted by molar-refractivity contribution is 0.374. The molecule has 0 radical (unpaired) electrons. The third kappa shape index (κ3) is 4.62. The van der Waals surface area contributed by atoms with Crippen LogP contribution in [0.5, 0.6) is 0 Å². The maximum atomic E-state index is 11.7. The standard InChI is InChI=1S/C17H23N3O2S2/c1-24(21,22)14-6-4-5-13(11-14)18-10-8-17-20-16(12-23-17)15-7-2-3-9-19-15/h2-3,7,9,12-14,18H,4-6,8,10-11H2,1H3/t13-,14-/m1/s1. The van der Waals surface area contributed by atoms with Crippen molar-refractivity contribution in [3.05, 3.63) is 34.8 Å². The van der Waals surface area contributed by atoms with Crippen LogP contribution in [0.3, 0.4) is 0 Å². The second-order valence-electron chi connectivity index (χ2n) is 6.36. The summed E-state index contributed by atoms with van der Waals surface area (Å²) in [4.78, 5) is 8.96. The Labute approximate surface area is 147 Å². The summed E-state index contributed by atoms with van der Waals surface area (Å²) in [6.45, 7) is 0.830. The number of hydrogen-bond acceptors (Lipinski definition) is 6. The lowest BCUT2D eigenvalue weighted by atomic mass is 9.95. The molecule has 2 heterocycles. The van der Waals surface area contributed by atoms with Gasteiger partial charge in [-0.05, 0) is 31.4 Å². The second kappa shape index (κ2) is 7.72. The average molecular weight is 366 g/mol. The van der Waals surface area contributed by atoms with E-state index in [1.54, 1.807) is 17.5 Å². The smallest absolute Gasteiger partial charge is 0.150 e. The number of nitrogens with one attached hydrogen (secondary N) is 1. The Morgan fingerprint density at radius 2 is 2.17 bits per heavy atom. The first-order chi connectivity index (χ1) is 11.5. The minimum absolute atomic E-state index is 0.181. The third-order valence-electron chi connectivity index (χ3n) is 4.48. The number of sulfone groups is 1. The number of hydrogen-bond donors (Lipinski definition) is 1. The van der Waals surface area contributed by atoms with Crippen molar-refractivity contribution in [3.63, 3.8) is 0 Å². The van der Waals surface area contributed by atoms with Gasteiger partial charge in [0, 0.05) is 36.8 Å². The van der Waals surface area contributed by atoms with Crippen molar-refractivity contribution in [3.8, 4) is 11.4 Å². The van der Waals surface area contributed by atoms with Crippen molar-refractivity contribution < 1.29 is 8.42 Å². The minimum Gasteiger partial charge on any atom is -0.314 e. The highest BCUT2D eigenvalue weighted by Gasteiger charge is 2.28. The van der Waals surface area contributed by atoms with E-state index in [0.717, 1.165) is 55.0 Å². The third-order valence-corrected chi connectivity index (χ3v) is 7.03. The topological polar surface area (TPSA) is 72.0 Å². The van der Waals surface area contributed by atoms with Crippen LogP contribution >= 0.6 is 11.3 Å². The lowest BCUT2D eigenvalue weighted by Gasteiger charge is -2.28. The van der Waals surface area contributed by atoms with Crippen LogP contribution < -0.4 is 5.32 Å². The van der Waals surface area contributed by atoms with Gasteiger partial charge in [0.25, 0.3) is 0 Å². The van der Waals surface area contributed by atoms with E-state index in [1.165, 1.54) is 6.26 Å². The fourth-order valence-electron chi connectivity index (χ4n) is 3.16. The molecule has 0 bridgehead atoms. The molecule has 2 aromatic rings. The van der Waals surface area contributed by atoms with E-state index in [-0.39, 0.29) is 5.25 Å². The largest absolute Gasteiger partial charge is 0.314 e. The van der Waals surface area contributed by atoms with E-state index >= 15 is 0 Å². The summed E-state index contributed by atoms with van der Waals surface area (Å²) in [7, 11) is -2.92. The summed E-state index contributed by atoms with van der Waals surface area (Å²) >= 11 is 1.65. The predicted molar refractivity (Wildman–Crippen MR) is 97.9 cm³/mol. The summed E-state index contributed by atoms with van der Waals surface area (Å²) in [5, 5.41) is 6.45. The number of pyridine rings is 1. The van der Waals surface area contributed by atoms with E-state index in [9.17, 15) is 8.42 Å². The zero-order valence-electron chi connectivity index (χ0n) is 13.8. The zero-order valence-corrected chi connectivity index (χ0v) is 15.4. The molecule has 1 aliphatic carbocycles. The fourth-order valence-corrected chi connectivity index (χ4v) is 5.13. The highest BCUT2D eigenvalue weighted by Crippen LogP contribution is 2.24. The van der Waals surface area contributed by atoms with Crippen LogP contribution in [-0.2, 0) is 16.3 Å². The summed E-state index contributed by atoms with van der Waals surface area (Å²) in [5.74, 6) is 0. The Balaban J connectivity index is 1.49. The van der Waals surface area contributed by atoms with E-state index < -0.39 is 9.84 Å². The van der Waals surface area contributed by atoms with Crippen molar-refractivity contribution in [1.29, 1.82) is 0 Å². The quantitative estimate of drug-likeness (QED) is 0.852.